The molecule has 3 amide bonds. The summed E-state index contributed by atoms with van der Waals surface area (Å²) in [7, 11) is 1.50. The van der Waals surface area contributed by atoms with E-state index < -0.39 is 17.1 Å². The molecule has 252 valence electrons. The van der Waals surface area contributed by atoms with Crippen LogP contribution in [0.5, 0.6) is 11.5 Å². The lowest BCUT2D eigenvalue weighted by molar-refractivity contribution is -0.156. The number of amides is 3. The van der Waals surface area contributed by atoms with E-state index in [9.17, 15) is 24.0 Å². The molecule has 13 nitrogen and oxygen atoms in total. The highest BCUT2D eigenvalue weighted by molar-refractivity contribution is 5.82. The van der Waals surface area contributed by atoms with Crippen LogP contribution >= 0.6 is 0 Å². The van der Waals surface area contributed by atoms with Gasteiger partial charge < -0.3 is 34.2 Å². The fourth-order valence-corrected chi connectivity index (χ4v) is 6.00. The number of aromatic nitrogens is 1. The summed E-state index contributed by atoms with van der Waals surface area (Å²) < 4.78 is 23.4. The Morgan fingerprint density at radius 2 is 1.85 bits per heavy atom. The van der Waals surface area contributed by atoms with Crippen molar-refractivity contribution in [2.75, 3.05) is 46.5 Å². The van der Waals surface area contributed by atoms with Crippen molar-refractivity contribution in [1.29, 1.82) is 0 Å². The molecular formula is C34H42N4O9. The molecule has 47 heavy (non-hydrogen) atoms. The van der Waals surface area contributed by atoms with Gasteiger partial charge in [-0.05, 0) is 61.9 Å². The highest BCUT2D eigenvalue weighted by Gasteiger charge is 2.45. The number of ether oxygens (including phenoxy) is 3. The summed E-state index contributed by atoms with van der Waals surface area (Å²) in [6.45, 7) is 1.95. The van der Waals surface area contributed by atoms with Crippen LogP contribution in [0, 0.1) is 11.3 Å². The quantitative estimate of drug-likeness (QED) is 0.367. The molecular weight excluding hydrogens is 608 g/mol. The molecule has 3 aromatic rings. The second-order valence-electron chi connectivity index (χ2n) is 12.1. The lowest BCUT2D eigenvalue weighted by Gasteiger charge is -2.32. The zero-order valence-corrected chi connectivity index (χ0v) is 26.9. The van der Waals surface area contributed by atoms with Gasteiger partial charge in [0.15, 0.2) is 23.7 Å². The number of nitrogens with zero attached hydrogens (tertiary/aromatic N) is 2. The molecule has 1 atom stereocenters. The number of carbonyl (C=O) groups excluding carboxylic acids is 4. The van der Waals surface area contributed by atoms with Gasteiger partial charge in [-0.15, -0.1) is 0 Å². The van der Waals surface area contributed by atoms with E-state index in [0.29, 0.717) is 47.8 Å². The predicted molar refractivity (Wildman–Crippen MR) is 171 cm³/mol. The van der Waals surface area contributed by atoms with E-state index in [1.165, 1.54) is 16.6 Å². The van der Waals surface area contributed by atoms with Crippen molar-refractivity contribution in [1.82, 2.24) is 20.1 Å². The molecule has 2 N–H and O–H groups in total. The van der Waals surface area contributed by atoms with Gasteiger partial charge in [-0.25, -0.2) is 4.79 Å². The van der Waals surface area contributed by atoms with Gasteiger partial charge in [0.1, 0.15) is 6.54 Å². The number of methoxy groups -OCH3 is 1. The molecule has 2 aromatic carbocycles. The van der Waals surface area contributed by atoms with Crippen LogP contribution in [-0.2, 0) is 36.9 Å². The van der Waals surface area contributed by atoms with Crippen molar-refractivity contribution in [3.63, 3.8) is 0 Å². The second kappa shape index (κ2) is 15.2. The van der Waals surface area contributed by atoms with E-state index in [0.717, 1.165) is 18.4 Å². The van der Waals surface area contributed by atoms with Gasteiger partial charge in [-0.3, -0.25) is 23.7 Å². The zero-order valence-electron chi connectivity index (χ0n) is 26.9. The average molecular weight is 651 g/mol. The van der Waals surface area contributed by atoms with Crippen molar-refractivity contribution >= 4 is 34.8 Å². The van der Waals surface area contributed by atoms with Crippen molar-refractivity contribution in [3.05, 3.63) is 58.6 Å². The third-order valence-electron chi connectivity index (χ3n) is 8.59. The van der Waals surface area contributed by atoms with Crippen LogP contribution in [0.2, 0.25) is 0 Å². The summed E-state index contributed by atoms with van der Waals surface area (Å²) in [5.74, 6) is -0.947. The van der Waals surface area contributed by atoms with Crippen LogP contribution < -0.4 is 25.9 Å². The van der Waals surface area contributed by atoms with E-state index in [1.807, 2.05) is 6.07 Å². The van der Waals surface area contributed by atoms with Crippen molar-refractivity contribution < 1.29 is 37.8 Å². The summed E-state index contributed by atoms with van der Waals surface area (Å²) in [6.07, 6.45) is 3.29. The maximum Gasteiger partial charge on any atom is 0.420 e. The molecule has 1 aliphatic carbocycles. The number of rotatable bonds is 7. The Labute approximate surface area is 272 Å². The smallest absolute Gasteiger partial charge is 0.420 e. The maximum absolute atomic E-state index is 13.6. The lowest BCUT2D eigenvalue weighted by atomic mass is 9.76. The average Bonchev–Trinajstić information content (AvgIpc) is 3.82. The molecule has 5 rings (SSSR count). The Kier molecular flexibility index (Phi) is 10.8. The van der Waals surface area contributed by atoms with Crippen LogP contribution in [0.1, 0.15) is 44.6 Å². The summed E-state index contributed by atoms with van der Waals surface area (Å²) in [4.78, 5) is 67.0. The minimum absolute atomic E-state index is 0.0882. The van der Waals surface area contributed by atoms with E-state index in [-0.39, 0.29) is 70.1 Å². The van der Waals surface area contributed by atoms with Crippen molar-refractivity contribution in [2.24, 2.45) is 11.3 Å². The number of fused-ring (bicyclic) bond motifs is 3. The summed E-state index contributed by atoms with van der Waals surface area (Å²) in [5, 5.41) is 5.75. The van der Waals surface area contributed by atoms with Crippen LogP contribution in [0.3, 0.4) is 0 Å². The van der Waals surface area contributed by atoms with Crippen molar-refractivity contribution in [2.45, 2.75) is 52.0 Å². The first-order valence-corrected chi connectivity index (χ1v) is 16.1. The number of oxazole rings is 1. The van der Waals surface area contributed by atoms with E-state index >= 15 is 0 Å². The predicted octanol–water partition coefficient (Wildman–Crippen LogP) is 2.43. The summed E-state index contributed by atoms with van der Waals surface area (Å²) in [6, 6.07) is 12.2. The van der Waals surface area contributed by atoms with Gasteiger partial charge >= 0.3 is 11.7 Å². The number of benzene rings is 2. The molecule has 1 unspecified atom stereocenters. The standard InChI is InChI=1S/C34H42N4O9/c1-3-45-32(42)34(18-23-10-11-23)19-24-12-13-27(44-2)28(17-24)46-21-30(40)35-14-16-37(15-6-9-29(39)36-22-34)31(41)20-38-25-7-4-5-8-26(25)47-33(38)43/h4-5,7-8,12-13,17,23H,3,6,9-11,14-16,18-22H2,1-2H3,(H,35,40)(H,36,39). The molecule has 1 saturated carbocycles. The molecule has 0 radical (unpaired) electrons. The van der Waals surface area contributed by atoms with Crippen molar-refractivity contribution in [3.8, 4) is 11.5 Å². The van der Waals surface area contributed by atoms with Crippen LogP contribution in [0.4, 0.5) is 0 Å². The summed E-state index contributed by atoms with van der Waals surface area (Å²) >= 11 is 0. The highest BCUT2D eigenvalue weighted by Crippen LogP contribution is 2.43. The largest absolute Gasteiger partial charge is 0.493 e. The fraction of sp³-hybridized carbons (Fsp3) is 0.500. The molecule has 2 heterocycles. The Hall–Kier alpha value is -4.81. The Balaban J connectivity index is 1.38. The van der Waals surface area contributed by atoms with E-state index in [2.05, 4.69) is 10.6 Å². The monoisotopic (exact) mass is 650 g/mol. The van der Waals surface area contributed by atoms with Gasteiger partial charge in [0, 0.05) is 32.6 Å². The lowest BCUT2D eigenvalue weighted by Crippen LogP contribution is -2.46. The fourth-order valence-electron chi connectivity index (χ4n) is 6.00. The first kappa shape index (κ1) is 33.6. The molecule has 1 aromatic heterocycles. The van der Waals surface area contributed by atoms with E-state index in [1.54, 1.807) is 43.3 Å². The SMILES string of the molecule is CCOC(=O)C1(CC2CC2)CNC(=O)CCCN(C(=O)Cn2c(=O)oc3ccccc32)CCNC(=O)COc2cc(ccc2OC)C1. The van der Waals surface area contributed by atoms with Gasteiger partial charge in [-0.2, -0.15) is 0 Å². The van der Waals surface area contributed by atoms with E-state index in [4.69, 9.17) is 18.6 Å². The van der Waals surface area contributed by atoms with Crippen LogP contribution in [0.25, 0.3) is 11.1 Å². The first-order chi connectivity index (χ1) is 22.7. The minimum Gasteiger partial charge on any atom is -0.493 e. The molecule has 1 fully saturated rings. The number of esters is 1. The number of hydrogen-bond acceptors (Lipinski definition) is 9. The second-order valence-corrected chi connectivity index (χ2v) is 12.1. The zero-order chi connectivity index (χ0) is 33.4. The topological polar surface area (TPSA) is 158 Å². The summed E-state index contributed by atoms with van der Waals surface area (Å²) in [5.41, 5.74) is 0.637. The number of hydrogen-bond donors (Lipinski definition) is 2. The molecule has 0 saturated heterocycles. The number of carbonyl (C=O) groups is 4. The van der Waals surface area contributed by atoms with Gasteiger partial charge in [0.25, 0.3) is 5.91 Å². The molecule has 0 spiro atoms. The van der Waals surface area contributed by atoms with Crippen LogP contribution in [0.15, 0.2) is 51.7 Å². The van der Waals surface area contributed by atoms with Gasteiger partial charge in [0.05, 0.1) is 24.6 Å². The maximum atomic E-state index is 13.6. The third-order valence-corrected chi connectivity index (χ3v) is 8.59. The Morgan fingerprint density at radius 1 is 1.04 bits per heavy atom. The Morgan fingerprint density at radius 3 is 2.62 bits per heavy atom. The molecule has 1 aliphatic heterocycles. The third kappa shape index (κ3) is 8.52. The first-order valence-electron chi connectivity index (χ1n) is 16.1. The molecule has 13 heteroatoms. The number of para-hydroxylation sites is 2. The Bertz CT molecular complexity index is 1660. The number of nitrogens with one attached hydrogen (secondary N) is 2. The highest BCUT2D eigenvalue weighted by atomic mass is 16.5. The molecule has 2 aliphatic rings. The van der Waals surface area contributed by atoms with Crippen LogP contribution in [-0.4, -0.2) is 79.7 Å². The molecule has 2 bridgehead atoms. The van der Waals surface area contributed by atoms with Gasteiger partial charge in [-0.1, -0.05) is 31.0 Å². The van der Waals surface area contributed by atoms with Gasteiger partial charge in [0.2, 0.25) is 11.8 Å². The normalized spacial score (nSPS) is 19.9. The minimum atomic E-state index is -1.01.